The van der Waals surface area contributed by atoms with Gasteiger partial charge in [-0.25, -0.2) is 4.79 Å². The van der Waals surface area contributed by atoms with Crippen molar-refractivity contribution in [1.29, 1.82) is 0 Å². The second-order valence-corrected chi connectivity index (χ2v) is 3.73. The number of para-hydroxylation sites is 1. The number of epoxide rings is 1. The van der Waals surface area contributed by atoms with Crippen LogP contribution in [0.1, 0.15) is 18.6 Å². The van der Waals surface area contributed by atoms with Gasteiger partial charge < -0.3 is 9.84 Å². The van der Waals surface area contributed by atoms with Crippen molar-refractivity contribution in [2.24, 2.45) is 0 Å². The van der Waals surface area contributed by atoms with Gasteiger partial charge in [-0.05, 0) is 13.0 Å². The van der Waals surface area contributed by atoms with Crippen molar-refractivity contribution in [3.8, 4) is 0 Å². The van der Waals surface area contributed by atoms with E-state index in [1.54, 1.807) is 6.07 Å². The van der Waals surface area contributed by atoms with E-state index in [9.17, 15) is 14.9 Å². The summed E-state index contributed by atoms with van der Waals surface area (Å²) in [4.78, 5) is 21.0. The Bertz CT molecular complexity index is 472. The minimum absolute atomic E-state index is 0.113. The fraction of sp³-hybridized carbons (Fsp3) is 0.300. The van der Waals surface area contributed by atoms with Crippen LogP contribution in [0, 0.1) is 10.1 Å². The summed E-state index contributed by atoms with van der Waals surface area (Å²) >= 11 is 0. The molecule has 1 N–H and O–H groups in total. The van der Waals surface area contributed by atoms with Crippen LogP contribution < -0.4 is 0 Å². The molecule has 1 aliphatic rings. The first-order chi connectivity index (χ1) is 7.47. The Kier molecular flexibility index (Phi) is 2.16. The van der Waals surface area contributed by atoms with Crippen LogP contribution in [0.15, 0.2) is 24.3 Å². The summed E-state index contributed by atoms with van der Waals surface area (Å²) in [5.74, 6) is -1.12. The highest BCUT2D eigenvalue weighted by Gasteiger charge is 2.61. The Morgan fingerprint density at radius 2 is 2.19 bits per heavy atom. The van der Waals surface area contributed by atoms with Crippen molar-refractivity contribution >= 4 is 11.7 Å². The van der Waals surface area contributed by atoms with E-state index in [1.807, 2.05) is 0 Å². The number of nitro groups is 1. The van der Waals surface area contributed by atoms with Gasteiger partial charge in [-0.1, -0.05) is 12.1 Å². The van der Waals surface area contributed by atoms with E-state index in [4.69, 9.17) is 9.84 Å². The zero-order chi connectivity index (χ0) is 11.9. The normalized spacial score (nSPS) is 27.4. The number of benzene rings is 1. The summed E-state index contributed by atoms with van der Waals surface area (Å²) in [7, 11) is 0. The number of ether oxygens (including phenoxy) is 1. The van der Waals surface area contributed by atoms with Crippen molar-refractivity contribution in [1.82, 2.24) is 0 Å². The molecule has 0 unspecified atom stereocenters. The van der Waals surface area contributed by atoms with Gasteiger partial charge in [-0.15, -0.1) is 0 Å². The molecule has 0 bridgehead atoms. The van der Waals surface area contributed by atoms with Crippen LogP contribution in [0.4, 0.5) is 5.69 Å². The van der Waals surface area contributed by atoms with Crippen molar-refractivity contribution in [2.75, 3.05) is 0 Å². The molecule has 0 radical (unpaired) electrons. The Labute approximate surface area is 90.6 Å². The molecule has 6 nitrogen and oxygen atoms in total. The SMILES string of the molecule is C[C@]1(C(=O)O)O[C@@H]1c1ccccc1[N+](=O)[O-]. The number of carboxylic acids is 1. The maximum Gasteiger partial charge on any atom is 0.338 e. The molecule has 16 heavy (non-hydrogen) atoms. The molecule has 1 aromatic carbocycles. The lowest BCUT2D eigenvalue weighted by Crippen LogP contribution is -2.20. The number of carboxylic acid groups (broad SMARTS) is 1. The summed E-state index contributed by atoms with van der Waals surface area (Å²) in [6, 6.07) is 5.99. The van der Waals surface area contributed by atoms with E-state index in [0.717, 1.165) is 0 Å². The largest absolute Gasteiger partial charge is 0.479 e. The summed E-state index contributed by atoms with van der Waals surface area (Å²) in [6.45, 7) is 1.40. The zero-order valence-electron chi connectivity index (χ0n) is 8.41. The lowest BCUT2D eigenvalue weighted by molar-refractivity contribution is -0.385. The summed E-state index contributed by atoms with van der Waals surface area (Å²) in [5.41, 5.74) is -1.15. The molecule has 1 fully saturated rings. The van der Waals surface area contributed by atoms with Gasteiger partial charge in [0.15, 0.2) is 5.60 Å². The van der Waals surface area contributed by atoms with E-state index in [-0.39, 0.29) is 5.69 Å². The van der Waals surface area contributed by atoms with E-state index in [0.29, 0.717) is 5.56 Å². The first-order valence-corrected chi connectivity index (χ1v) is 4.61. The molecule has 0 aromatic heterocycles. The highest BCUT2D eigenvalue weighted by molar-refractivity contribution is 5.81. The van der Waals surface area contributed by atoms with E-state index in [2.05, 4.69) is 0 Å². The third-order valence-electron chi connectivity index (χ3n) is 2.65. The van der Waals surface area contributed by atoms with E-state index in [1.165, 1.54) is 25.1 Å². The van der Waals surface area contributed by atoms with Gasteiger partial charge in [-0.2, -0.15) is 0 Å². The number of hydrogen-bond donors (Lipinski definition) is 1. The van der Waals surface area contributed by atoms with Crippen molar-refractivity contribution in [3.05, 3.63) is 39.9 Å². The molecule has 6 heteroatoms. The van der Waals surface area contributed by atoms with Gasteiger partial charge in [0, 0.05) is 6.07 Å². The third-order valence-corrected chi connectivity index (χ3v) is 2.65. The fourth-order valence-electron chi connectivity index (χ4n) is 1.61. The molecule has 0 saturated carbocycles. The second kappa shape index (κ2) is 3.28. The molecule has 2 atom stereocenters. The summed E-state index contributed by atoms with van der Waals surface area (Å²) < 4.78 is 5.04. The van der Waals surface area contributed by atoms with Crippen molar-refractivity contribution in [2.45, 2.75) is 18.6 Å². The maximum absolute atomic E-state index is 10.9. The fourth-order valence-corrected chi connectivity index (χ4v) is 1.61. The molecule has 84 valence electrons. The third kappa shape index (κ3) is 1.43. The molecule has 0 amide bonds. The van der Waals surface area contributed by atoms with Crippen molar-refractivity contribution < 1.29 is 19.6 Å². The number of carbonyl (C=O) groups is 1. The summed E-state index contributed by atoms with van der Waals surface area (Å²) in [5, 5.41) is 19.6. The average Bonchev–Trinajstić information content (AvgIpc) is 2.92. The molecule has 1 aromatic rings. The maximum atomic E-state index is 10.9. The smallest absolute Gasteiger partial charge is 0.338 e. The Hall–Kier alpha value is -1.95. The molecule has 2 rings (SSSR count). The molecule has 0 aliphatic carbocycles. The van der Waals surface area contributed by atoms with Gasteiger partial charge in [0.1, 0.15) is 6.10 Å². The molecule has 0 spiro atoms. The Morgan fingerprint density at radius 1 is 1.56 bits per heavy atom. The van der Waals surface area contributed by atoms with Crippen molar-refractivity contribution in [3.63, 3.8) is 0 Å². The van der Waals surface area contributed by atoms with E-state index < -0.39 is 22.6 Å². The van der Waals surface area contributed by atoms with Gasteiger partial charge in [0.2, 0.25) is 0 Å². The number of rotatable bonds is 3. The molecular formula is C10H9NO5. The average molecular weight is 223 g/mol. The predicted molar refractivity (Wildman–Crippen MR) is 53.0 cm³/mol. The van der Waals surface area contributed by atoms with Gasteiger partial charge in [0.05, 0.1) is 10.5 Å². The first-order valence-electron chi connectivity index (χ1n) is 4.61. The van der Waals surface area contributed by atoms with Crippen LogP contribution in [0.5, 0.6) is 0 Å². The standard InChI is InChI=1S/C10H9NO5/c1-10(9(12)13)8(16-10)6-4-2-3-5-7(6)11(14)15/h2-5,8H,1H3,(H,12,13)/t8-,10+/m1/s1. The van der Waals surface area contributed by atoms with Crippen LogP contribution in [-0.4, -0.2) is 21.6 Å². The van der Waals surface area contributed by atoms with Crippen LogP contribution in [-0.2, 0) is 9.53 Å². The number of nitro benzene ring substituents is 1. The quantitative estimate of drug-likeness (QED) is 0.476. The van der Waals surface area contributed by atoms with Crippen LogP contribution in [0.2, 0.25) is 0 Å². The minimum atomic E-state index is -1.34. The number of nitrogens with zero attached hydrogens (tertiary/aromatic N) is 1. The summed E-state index contributed by atoms with van der Waals surface area (Å²) in [6.07, 6.45) is -0.744. The van der Waals surface area contributed by atoms with Crippen LogP contribution >= 0.6 is 0 Å². The van der Waals surface area contributed by atoms with Gasteiger partial charge >= 0.3 is 5.97 Å². The lowest BCUT2D eigenvalue weighted by Gasteiger charge is -2.00. The predicted octanol–water partition coefficient (Wildman–Crippen LogP) is 1.51. The van der Waals surface area contributed by atoms with Gasteiger partial charge in [0.25, 0.3) is 5.69 Å². The molecule has 1 heterocycles. The highest BCUT2D eigenvalue weighted by Crippen LogP contribution is 2.51. The molecule has 1 aliphatic heterocycles. The van der Waals surface area contributed by atoms with Crippen LogP contribution in [0.25, 0.3) is 0 Å². The Balaban J connectivity index is 2.37. The topological polar surface area (TPSA) is 93.0 Å². The van der Waals surface area contributed by atoms with Gasteiger partial charge in [-0.3, -0.25) is 10.1 Å². The first kappa shape index (κ1) is 10.6. The monoisotopic (exact) mass is 223 g/mol. The zero-order valence-corrected chi connectivity index (χ0v) is 8.41. The Morgan fingerprint density at radius 3 is 2.69 bits per heavy atom. The second-order valence-electron chi connectivity index (χ2n) is 3.73. The van der Waals surface area contributed by atoms with Crippen LogP contribution in [0.3, 0.4) is 0 Å². The highest BCUT2D eigenvalue weighted by atomic mass is 16.6. The molecule has 1 saturated heterocycles. The minimum Gasteiger partial charge on any atom is -0.479 e. The number of aliphatic carboxylic acids is 1. The van der Waals surface area contributed by atoms with E-state index >= 15 is 0 Å². The number of hydrogen-bond acceptors (Lipinski definition) is 4. The molecular weight excluding hydrogens is 214 g/mol. The lowest BCUT2D eigenvalue weighted by atomic mass is 10.00.